The van der Waals surface area contributed by atoms with Gasteiger partial charge in [0.1, 0.15) is 36.9 Å². The smallest absolute Gasteiger partial charge is 0.408 e. The molecule has 17 nitrogen and oxygen atoms in total. The fraction of sp³-hybridized carbons (Fsp3) is 0.581. The van der Waals surface area contributed by atoms with Crippen molar-refractivity contribution in [3.05, 3.63) is 35.9 Å². The van der Waals surface area contributed by atoms with E-state index in [4.69, 9.17) is 15.2 Å². The summed E-state index contributed by atoms with van der Waals surface area (Å²) < 4.78 is 10.2. The first-order valence-electron chi connectivity index (χ1n) is 15.3. The van der Waals surface area contributed by atoms with E-state index in [1.165, 1.54) is 6.92 Å². The normalized spacial score (nSPS) is 14.3. The van der Waals surface area contributed by atoms with Gasteiger partial charge < -0.3 is 52.0 Å². The van der Waals surface area contributed by atoms with Crippen molar-refractivity contribution in [3.8, 4) is 0 Å². The van der Waals surface area contributed by atoms with Gasteiger partial charge in [-0.15, -0.1) is 0 Å². The summed E-state index contributed by atoms with van der Waals surface area (Å²) in [7, 11) is 0. The van der Waals surface area contributed by atoms with Crippen LogP contribution in [0.5, 0.6) is 0 Å². The molecule has 0 radical (unpaired) electrons. The number of hydrogen-bond donors (Lipinski definition) is 8. The van der Waals surface area contributed by atoms with E-state index < -0.39 is 97.0 Å². The third-order valence-electron chi connectivity index (χ3n) is 6.26. The van der Waals surface area contributed by atoms with Crippen LogP contribution in [0.2, 0.25) is 0 Å². The fourth-order valence-corrected chi connectivity index (χ4v) is 4.01. The van der Waals surface area contributed by atoms with Gasteiger partial charge in [0, 0.05) is 0 Å². The molecule has 0 aromatic heterocycles. The van der Waals surface area contributed by atoms with Crippen molar-refractivity contribution in [3.63, 3.8) is 0 Å². The van der Waals surface area contributed by atoms with Crippen LogP contribution in [0, 0.1) is 5.92 Å². The minimum Gasteiger partial charge on any atom is -0.459 e. The molecule has 0 aliphatic rings. The second-order valence-electron chi connectivity index (χ2n) is 12.4. The van der Waals surface area contributed by atoms with Gasteiger partial charge in [-0.25, -0.2) is 9.59 Å². The molecule has 268 valence electrons. The van der Waals surface area contributed by atoms with E-state index in [0.29, 0.717) is 5.56 Å². The maximum absolute atomic E-state index is 13.3. The van der Waals surface area contributed by atoms with Crippen molar-refractivity contribution < 1.29 is 53.2 Å². The van der Waals surface area contributed by atoms with E-state index >= 15 is 0 Å². The Morgan fingerprint density at radius 3 is 1.92 bits per heavy atom. The van der Waals surface area contributed by atoms with Gasteiger partial charge in [-0.05, 0) is 45.6 Å². The molecule has 0 saturated heterocycles. The summed E-state index contributed by atoms with van der Waals surface area (Å²) in [5.41, 5.74) is 5.09. The van der Waals surface area contributed by atoms with Gasteiger partial charge in [0.2, 0.25) is 29.5 Å². The van der Waals surface area contributed by atoms with Crippen LogP contribution in [0.25, 0.3) is 0 Å². The monoisotopic (exact) mass is 680 g/mol. The molecular formula is C31H48N6O11. The molecular weight excluding hydrogens is 632 g/mol. The first-order chi connectivity index (χ1) is 22.3. The molecule has 1 rings (SSSR count). The second kappa shape index (κ2) is 19.8. The van der Waals surface area contributed by atoms with Crippen LogP contribution >= 0.6 is 0 Å². The van der Waals surface area contributed by atoms with E-state index in [2.05, 4.69) is 26.6 Å². The van der Waals surface area contributed by atoms with E-state index in [1.54, 1.807) is 65.0 Å². The van der Waals surface area contributed by atoms with E-state index in [-0.39, 0.29) is 18.9 Å². The number of amides is 6. The largest absolute Gasteiger partial charge is 0.459 e. The Hall–Kier alpha value is -4.77. The van der Waals surface area contributed by atoms with Crippen molar-refractivity contribution in [1.82, 2.24) is 26.6 Å². The highest BCUT2D eigenvalue weighted by Gasteiger charge is 2.33. The van der Waals surface area contributed by atoms with Gasteiger partial charge in [0.15, 0.2) is 6.04 Å². The Kier molecular flexibility index (Phi) is 17.0. The van der Waals surface area contributed by atoms with Crippen LogP contribution in [-0.2, 0) is 44.8 Å². The first-order valence-corrected chi connectivity index (χ1v) is 15.3. The van der Waals surface area contributed by atoms with Crippen molar-refractivity contribution in [1.29, 1.82) is 0 Å². The van der Waals surface area contributed by atoms with Crippen LogP contribution in [-0.4, -0.2) is 101 Å². The number of rotatable bonds is 18. The van der Waals surface area contributed by atoms with Gasteiger partial charge in [-0.3, -0.25) is 24.0 Å². The number of benzene rings is 1. The van der Waals surface area contributed by atoms with Crippen molar-refractivity contribution in [2.75, 3.05) is 13.2 Å². The molecule has 0 spiro atoms. The number of nitrogens with one attached hydrogen (secondary N) is 5. The Labute approximate surface area is 279 Å². The summed E-state index contributed by atoms with van der Waals surface area (Å²) in [6.07, 6.45) is -2.93. The fourth-order valence-electron chi connectivity index (χ4n) is 4.01. The minimum absolute atomic E-state index is 0.0247. The molecule has 0 aliphatic carbocycles. The molecule has 9 N–H and O–H groups in total. The number of esters is 1. The first kappa shape index (κ1) is 41.3. The lowest BCUT2D eigenvalue weighted by molar-refractivity contribution is -0.152. The Morgan fingerprint density at radius 1 is 0.833 bits per heavy atom. The number of hydrogen-bond acceptors (Lipinski definition) is 11. The topological polar surface area (TPSA) is 265 Å². The maximum atomic E-state index is 13.3. The third-order valence-corrected chi connectivity index (χ3v) is 6.26. The van der Waals surface area contributed by atoms with Crippen molar-refractivity contribution in [2.45, 2.75) is 96.9 Å². The predicted molar refractivity (Wildman–Crippen MR) is 170 cm³/mol. The standard InChI is InChI=1S/C31H48N6O11/c1-17(2)12-20(35-27(43)21(13-23(32)40)34-24(41)14-33-30(46)48-31(4,5)6)26(42)36-22(15-38)28(44)37-25(18(3)39)29(45)47-16-19-10-8-7-9-11-19/h7-11,17-18,20-22,25,38-39H,12-16H2,1-6H3,(H2,32,40)(H,33,46)(H,34,41)(H,35,43)(H,36,42)(H,37,44). The summed E-state index contributed by atoms with van der Waals surface area (Å²) >= 11 is 0. The Morgan fingerprint density at radius 2 is 1.40 bits per heavy atom. The summed E-state index contributed by atoms with van der Waals surface area (Å²) in [4.78, 5) is 88.0. The lowest BCUT2D eigenvalue weighted by atomic mass is 10.0. The summed E-state index contributed by atoms with van der Waals surface area (Å²) in [5, 5.41) is 31.5. The molecule has 0 bridgehead atoms. The predicted octanol–water partition coefficient (Wildman–Crippen LogP) is -1.51. The highest BCUT2D eigenvalue weighted by atomic mass is 16.6. The highest BCUT2D eigenvalue weighted by Crippen LogP contribution is 2.09. The number of carbonyl (C=O) groups excluding carboxylic acids is 7. The van der Waals surface area contributed by atoms with Gasteiger partial charge >= 0.3 is 12.1 Å². The number of nitrogens with two attached hydrogens (primary N) is 1. The second-order valence-corrected chi connectivity index (χ2v) is 12.4. The van der Waals surface area contributed by atoms with E-state index in [1.807, 2.05) is 0 Å². The van der Waals surface area contributed by atoms with Gasteiger partial charge in [0.05, 0.1) is 19.1 Å². The molecule has 1 aromatic rings. The Balaban J connectivity index is 2.96. The van der Waals surface area contributed by atoms with Gasteiger partial charge in [-0.2, -0.15) is 0 Å². The van der Waals surface area contributed by atoms with Gasteiger partial charge in [0.25, 0.3) is 0 Å². The number of primary amides is 1. The lowest BCUT2D eigenvalue weighted by Crippen LogP contribution is -2.60. The number of ether oxygens (including phenoxy) is 2. The molecule has 5 unspecified atom stereocenters. The van der Waals surface area contributed by atoms with Crippen LogP contribution in [0.4, 0.5) is 4.79 Å². The zero-order chi connectivity index (χ0) is 36.6. The van der Waals surface area contributed by atoms with Crippen molar-refractivity contribution >= 4 is 41.6 Å². The average molecular weight is 681 g/mol. The SMILES string of the molecule is CC(C)CC(NC(=O)C(CC(N)=O)NC(=O)CNC(=O)OC(C)(C)C)C(=O)NC(CO)C(=O)NC(C(=O)OCc1ccccc1)C(C)O. The summed E-state index contributed by atoms with van der Waals surface area (Å²) in [6, 6.07) is 2.65. The highest BCUT2D eigenvalue weighted by molar-refractivity contribution is 5.97. The van der Waals surface area contributed by atoms with Crippen molar-refractivity contribution in [2.24, 2.45) is 11.7 Å². The zero-order valence-corrected chi connectivity index (χ0v) is 28.0. The number of carbonyl (C=O) groups is 7. The molecule has 0 fully saturated rings. The number of aliphatic hydroxyl groups excluding tert-OH is 2. The van der Waals surface area contributed by atoms with Crippen LogP contribution in [0.15, 0.2) is 30.3 Å². The molecule has 5 atom stereocenters. The van der Waals surface area contributed by atoms with Gasteiger partial charge in [-0.1, -0.05) is 44.2 Å². The molecule has 1 aromatic carbocycles. The average Bonchev–Trinajstić information content (AvgIpc) is 2.98. The quantitative estimate of drug-likeness (QED) is 0.0826. The maximum Gasteiger partial charge on any atom is 0.408 e. The van der Waals surface area contributed by atoms with E-state index in [0.717, 1.165) is 0 Å². The molecule has 6 amide bonds. The third kappa shape index (κ3) is 16.2. The minimum atomic E-state index is -1.62. The molecule has 17 heteroatoms. The number of aliphatic hydroxyl groups is 2. The summed E-state index contributed by atoms with van der Waals surface area (Å²) in [6.45, 7) is 7.92. The zero-order valence-electron chi connectivity index (χ0n) is 28.0. The molecule has 0 heterocycles. The van der Waals surface area contributed by atoms with Crippen LogP contribution < -0.4 is 32.3 Å². The van der Waals surface area contributed by atoms with Crippen LogP contribution in [0.1, 0.15) is 59.9 Å². The summed E-state index contributed by atoms with van der Waals surface area (Å²) in [5.74, 6) is -5.88. The Bertz CT molecular complexity index is 1270. The molecule has 0 saturated carbocycles. The number of alkyl carbamates (subject to hydrolysis) is 1. The van der Waals surface area contributed by atoms with E-state index in [9.17, 15) is 43.8 Å². The van der Waals surface area contributed by atoms with Crippen LogP contribution in [0.3, 0.4) is 0 Å². The molecule has 0 aliphatic heterocycles. The lowest BCUT2D eigenvalue weighted by Gasteiger charge is -2.26. The molecule has 48 heavy (non-hydrogen) atoms.